The van der Waals surface area contributed by atoms with E-state index in [0.29, 0.717) is 44.8 Å². The molecule has 0 amide bonds. The molecule has 4 aromatic carbocycles. The van der Waals surface area contributed by atoms with Gasteiger partial charge >= 0.3 is 12.4 Å². The molecular formula is C54H36F6N10O2. The Bertz CT molecular complexity index is 3530. The van der Waals surface area contributed by atoms with E-state index in [1.54, 1.807) is 113 Å². The van der Waals surface area contributed by atoms with Crippen LogP contribution >= 0.6 is 0 Å². The molecule has 0 atom stereocenters. The first kappa shape index (κ1) is 47.6. The van der Waals surface area contributed by atoms with Crippen LogP contribution in [-0.4, -0.2) is 59.9 Å². The van der Waals surface area contributed by atoms with Crippen molar-refractivity contribution >= 4 is 22.9 Å². The highest BCUT2D eigenvalue weighted by Gasteiger charge is 2.33. The Morgan fingerprint density at radius 3 is 1.65 bits per heavy atom. The third kappa shape index (κ3) is 10.9. The summed E-state index contributed by atoms with van der Waals surface area (Å²) in [7, 11) is 0. The molecular weight excluding hydrogens is 935 g/mol. The first-order valence-electron chi connectivity index (χ1n) is 21.8. The molecule has 12 nitrogen and oxygen atoms in total. The Labute approximate surface area is 406 Å². The molecule has 0 saturated heterocycles. The molecule has 0 aliphatic rings. The Morgan fingerprint density at radius 2 is 1.11 bits per heavy atom. The third-order valence-corrected chi connectivity index (χ3v) is 11.3. The fourth-order valence-electron chi connectivity index (χ4n) is 7.53. The maximum atomic E-state index is 13.5. The van der Waals surface area contributed by atoms with Crippen molar-refractivity contribution in [2.24, 2.45) is 0 Å². The van der Waals surface area contributed by atoms with Crippen LogP contribution in [0.3, 0.4) is 0 Å². The third-order valence-electron chi connectivity index (χ3n) is 11.3. The molecule has 72 heavy (non-hydrogen) atoms. The van der Waals surface area contributed by atoms with E-state index in [-0.39, 0.29) is 46.9 Å². The number of imidazole rings is 3. The Balaban J connectivity index is 0.000000178. The standard InChI is InChI=1S/2C27H18F3N5O/c1-18-3-4-21(14-20(18)5-6-22-16-33-35-9-2-7-32-26(22)35)25(36)13-19-11-23(27(28,29)30)15-24(12-19)34-10-8-31-17-34;1-18-4-5-21(14-20(18)6-7-23-16-32-26-3-2-8-33-35(23)26)25(36)13-19-11-22(27(28,29)30)15-24(12-19)34-10-9-31-17-34/h2-4,7-12,14-17H,13H2,1H3;2-5,8-12,14-17H,13H2,1H3. The van der Waals surface area contributed by atoms with Gasteiger partial charge in [-0.2, -0.15) is 36.5 Å². The fourth-order valence-corrected chi connectivity index (χ4v) is 7.53. The van der Waals surface area contributed by atoms with Gasteiger partial charge in [0.2, 0.25) is 0 Å². The molecule has 0 radical (unpaired) electrons. The smallest absolute Gasteiger partial charge is 0.306 e. The number of carbonyl (C=O) groups is 2. The van der Waals surface area contributed by atoms with Crippen LogP contribution in [-0.2, 0) is 25.2 Å². The van der Waals surface area contributed by atoms with E-state index < -0.39 is 23.5 Å². The van der Waals surface area contributed by atoms with E-state index in [9.17, 15) is 35.9 Å². The summed E-state index contributed by atoms with van der Waals surface area (Å²) in [6.45, 7) is 3.74. The largest absolute Gasteiger partial charge is 0.416 e. The summed E-state index contributed by atoms with van der Waals surface area (Å²) in [6, 6.07) is 22.7. The number of rotatable bonds is 8. The summed E-state index contributed by atoms with van der Waals surface area (Å²) in [6.07, 6.45) is 7.66. The van der Waals surface area contributed by atoms with Gasteiger partial charge in [-0.15, -0.1) is 0 Å². The minimum absolute atomic E-state index is 0.195. The van der Waals surface area contributed by atoms with E-state index in [0.717, 1.165) is 35.4 Å². The van der Waals surface area contributed by atoms with Crippen molar-refractivity contribution in [1.29, 1.82) is 0 Å². The summed E-state index contributed by atoms with van der Waals surface area (Å²) in [5, 5.41) is 8.44. The molecule has 0 spiro atoms. The second-order valence-corrected chi connectivity index (χ2v) is 16.4. The van der Waals surface area contributed by atoms with Gasteiger partial charge in [-0.05, 0) is 109 Å². The molecule has 0 bridgehead atoms. The molecule has 0 unspecified atom stereocenters. The van der Waals surface area contributed by atoms with E-state index >= 15 is 0 Å². The van der Waals surface area contributed by atoms with Crippen molar-refractivity contribution in [3.63, 3.8) is 0 Å². The topological polar surface area (TPSA) is 130 Å². The van der Waals surface area contributed by atoms with Crippen molar-refractivity contribution in [1.82, 2.24) is 48.3 Å². The molecule has 0 saturated carbocycles. The number of aromatic nitrogens is 10. The van der Waals surface area contributed by atoms with Crippen molar-refractivity contribution in [3.8, 4) is 35.1 Å². The van der Waals surface area contributed by atoms with Crippen LogP contribution in [0.15, 0.2) is 159 Å². The van der Waals surface area contributed by atoms with Crippen molar-refractivity contribution in [2.75, 3.05) is 0 Å². The van der Waals surface area contributed by atoms with Gasteiger partial charge in [0.05, 0.1) is 41.7 Å². The van der Waals surface area contributed by atoms with Crippen LogP contribution in [0.25, 0.3) is 22.7 Å². The highest BCUT2D eigenvalue weighted by atomic mass is 19.4. The maximum Gasteiger partial charge on any atom is 0.416 e. The van der Waals surface area contributed by atoms with Gasteiger partial charge in [-0.3, -0.25) is 9.59 Å². The first-order valence-corrected chi connectivity index (χ1v) is 21.8. The number of aryl methyl sites for hydroxylation is 2. The highest BCUT2D eigenvalue weighted by molar-refractivity contribution is 5.98. The SMILES string of the molecule is Cc1ccc(C(=O)Cc2cc(-n3ccnc3)cc(C(F)(F)F)c2)cc1C#Cc1cnc2cccnn12.Cc1ccc(C(=O)Cc2cc(-n3ccnc3)cc(C(F)(F)F)c2)cc1C#Cc1cnn2cccnc12. The average Bonchev–Trinajstić information content (AvgIpc) is 4.22. The number of alkyl halides is 6. The Morgan fingerprint density at radius 1 is 0.556 bits per heavy atom. The van der Waals surface area contributed by atoms with E-state index in [1.165, 1.54) is 34.2 Å². The van der Waals surface area contributed by atoms with Crippen molar-refractivity contribution in [2.45, 2.75) is 39.0 Å². The average molecular weight is 971 g/mol. The zero-order chi connectivity index (χ0) is 50.6. The van der Waals surface area contributed by atoms with Gasteiger partial charge in [-0.25, -0.2) is 29.0 Å². The number of fused-ring (bicyclic) bond motifs is 2. The Kier molecular flexibility index (Phi) is 13.2. The monoisotopic (exact) mass is 970 g/mol. The molecule has 0 aliphatic heterocycles. The first-order chi connectivity index (χ1) is 34.6. The van der Waals surface area contributed by atoms with E-state index in [2.05, 4.69) is 53.8 Å². The predicted molar refractivity (Wildman–Crippen MR) is 253 cm³/mol. The molecule has 0 fully saturated rings. The molecule has 0 N–H and O–H groups in total. The fraction of sp³-hybridized carbons (Fsp3) is 0.111. The Hall–Kier alpha value is -9.42. The second kappa shape index (κ2) is 19.9. The molecule has 10 aromatic rings. The van der Waals surface area contributed by atoms with E-state index in [4.69, 9.17) is 0 Å². The number of carbonyl (C=O) groups excluding carboxylic acids is 2. The van der Waals surface area contributed by atoms with Gasteiger partial charge in [0.15, 0.2) is 22.9 Å². The van der Waals surface area contributed by atoms with Gasteiger partial charge in [0, 0.05) is 89.8 Å². The van der Waals surface area contributed by atoms with Crippen LogP contribution in [0, 0.1) is 37.5 Å². The summed E-state index contributed by atoms with van der Waals surface area (Å²) in [4.78, 5) is 42.5. The summed E-state index contributed by atoms with van der Waals surface area (Å²) in [5.41, 5.74) is 5.67. The van der Waals surface area contributed by atoms with E-state index in [1.807, 2.05) is 19.9 Å². The zero-order valence-electron chi connectivity index (χ0n) is 38.0. The lowest BCUT2D eigenvalue weighted by atomic mass is 9.97. The number of ketones is 2. The highest BCUT2D eigenvalue weighted by Crippen LogP contribution is 2.33. The van der Waals surface area contributed by atoms with Crippen LogP contribution in [0.1, 0.15) is 76.5 Å². The van der Waals surface area contributed by atoms with Gasteiger partial charge < -0.3 is 9.13 Å². The number of hydrogen-bond acceptors (Lipinski definition) is 8. The second-order valence-electron chi connectivity index (χ2n) is 16.4. The van der Waals surface area contributed by atoms with Crippen LogP contribution in [0.5, 0.6) is 0 Å². The minimum Gasteiger partial charge on any atom is -0.306 e. The number of nitrogens with zero attached hydrogens (tertiary/aromatic N) is 10. The predicted octanol–water partition coefficient (Wildman–Crippen LogP) is 10.1. The quantitative estimate of drug-likeness (QED) is 0.0836. The molecule has 356 valence electrons. The molecule has 6 heterocycles. The number of hydrogen-bond donors (Lipinski definition) is 0. The minimum atomic E-state index is -4.55. The summed E-state index contributed by atoms with van der Waals surface area (Å²) in [5.74, 6) is 11.6. The van der Waals surface area contributed by atoms with Crippen LogP contribution < -0.4 is 0 Å². The molecule has 0 aliphatic carbocycles. The zero-order valence-corrected chi connectivity index (χ0v) is 38.0. The van der Waals surface area contributed by atoms with Crippen molar-refractivity contribution in [3.05, 3.63) is 226 Å². The lowest BCUT2D eigenvalue weighted by Gasteiger charge is -2.13. The van der Waals surface area contributed by atoms with Gasteiger partial charge in [-0.1, -0.05) is 42.0 Å². The molecule has 18 heteroatoms. The summed E-state index contributed by atoms with van der Waals surface area (Å²) < 4.78 is 87.2. The maximum absolute atomic E-state index is 13.5. The number of benzene rings is 4. The molecule has 10 rings (SSSR count). The van der Waals surface area contributed by atoms with Gasteiger partial charge in [0.25, 0.3) is 0 Å². The lowest BCUT2D eigenvalue weighted by Crippen LogP contribution is -2.10. The normalized spacial score (nSPS) is 11.3. The van der Waals surface area contributed by atoms with Crippen LogP contribution in [0.4, 0.5) is 26.3 Å². The molecule has 6 aromatic heterocycles. The summed E-state index contributed by atoms with van der Waals surface area (Å²) >= 11 is 0. The van der Waals surface area contributed by atoms with Crippen LogP contribution in [0.2, 0.25) is 0 Å². The number of halogens is 6. The van der Waals surface area contributed by atoms with Crippen molar-refractivity contribution < 1.29 is 35.9 Å². The lowest BCUT2D eigenvalue weighted by molar-refractivity contribution is -0.138. The van der Waals surface area contributed by atoms with Gasteiger partial charge in [0.1, 0.15) is 5.69 Å². The number of Topliss-reactive ketones (excluding diaryl/α,β-unsaturated/α-hetero) is 2.